The normalized spacial score (nSPS) is 10.9. The first-order valence-corrected chi connectivity index (χ1v) is 5.82. The lowest BCUT2D eigenvalue weighted by atomic mass is 10.2. The average molecular weight is 238 g/mol. The molecule has 0 unspecified atom stereocenters. The summed E-state index contributed by atoms with van der Waals surface area (Å²) in [5, 5.41) is 0. The minimum atomic E-state index is 0.468. The first-order chi connectivity index (χ1) is 8.81. The second kappa shape index (κ2) is 4.16. The van der Waals surface area contributed by atoms with Gasteiger partial charge in [-0.15, -0.1) is 0 Å². The van der Waals surface area contributed by atoms with Gasteiger partial charge in [0.2, 0.25) is 5.95 Å². The highest BCUT2D eigenvalue weighted by molar-refractivity contribution is 5.84. The maximum Gasteiger partial charge on any atom is 0.205 e. The highest BCUT2D eigenvalue weighted by Crippen LogP contribution is 2.25. The third-order valence-electron chi connectivity index (χ3n) is 3.02. The van der Waals surface area contributed by atoms with Crippen molar-refractivity contribution < 1.29 is 0 Å². The molecule has 0 amide bonds. The molecule has 0 fully saturated rings. The van der Waals surface area contributed by atoms with E-state index in [1.165, 1.54) is 0 Å². The van der Waals surface area contributed by atoms with Gasteiger partial charge in [0, 0.05) is 12.2 Å². The Kier molecular flexibility index (Phi) is 2.50. The van der Waals surface area contributed by atoms with E-state index >= 15 is 0 Å². The smallest absolute Gasteiger partial charge is 0.205 e. The zero-order valence-electron chi connectivity index (χ0n) is 9.88. The summed E-state index contributed by atoms with van der Waals surface area (Å²) in [6.45, 7) is 0.468. The fourth-order valence-electron chi connectivity index (χ4n) is 2.22. The molecule has 0 atom stereocenters. The number of benzene rings is 2. The third-order valence-corrected chi connectivity index (χ3v) is 3.02. The lowest BCUT2D eigenvalue weighted by Gasteiger charge is -2.08. The molecule has 0 aliphatic heterocycles. The number of fused-ring (bicyclic) bond motifs is 1. The molecule has 4 N–H and O–H groups in total. The Morgan fingerprint density at radius 3 is 2.50 bits per heavy atom. The third kappa shape index (κ3) is 1.55. The number of aromatic nitrogens is 2. The molecule has 1 aromatic heterocycles. The number of nitrogens with two attached hydrogens (primary N) is 2. The summed E-state index contributed by atoms with van der Waals surface area (Å²) in [5.74, 6) is 0.483. The van der Waals surface area contributed by atoms with Gasteiger partial charge in [0.25, 0.3) is 0 Å². The number of anilines is 1. The van der Waals surface area contributed by atoms with Crippen molar-refractivity contribution >= 4 is 17.0 Å². The molecule has 1 heterocycles. The summed E-state index contributed by atoms with van der Waals surface area (Å²) in [6, 6.07) is 15.8. The van der Waals surface area contributed by atoms with Gasteiger partial charge in [-0.25, -0.2) is 4.98 Å². The van der Waals surface area contributed by atoms with Gasteiger partial charge in [-0.1, -0.05) is 30.3 Å². The predicted octanol–water partition coefficient (Wildman–Crippen LogP) is 2.07. The highest BCUT2D eigenvalue weighted by atomic mass is 15.2. The molecule has 2 aromatic carbocycles. The van der Waals surface area contributed by atoms with Crippen LogP contribution in [0.25, 0.3) is 16.7 Å². The van der Waals surface area contributed by atoms with Crippen LogP contribution in [0.4, 0.5) is 5.95 Å². The molecular weight excluding hydrogens is 224 g/mol. The predicted molar refractivity (Wildman–Crippen MR) is 73.4 cm³/mol. The van der Waals surface area contributed by atoms with Crippen LogP contribution in [0.15, 0.2) is 48.5 Å². The maximum atomic E-state index is 6.02. The molecule has 0 spiro atoms. The van der Waals surface area contributed by atoms with Crippen molar-refractivity contribution in [3.63, 3.8) is 0 Å². The summed E-state index contributed by atoms with van der Waals surface area (Å²) < 4.78 is 1.94. The van der Waals surface area contributed by atoms with E-state index in [0.717, 1.165) is 22.3 Å². The lowest BCUT2D eigenvalue weighted by Crippen LogP contribution is -2.04. The fourth-order valence-corrected chi connectivity index (χ4v) is 2.22. The maximum absolute atomic E-state index is 6.02. The second-order valence-electron chi connectivity index (χ2n) is 4.13. The number of nitrogens with zero attached hydrogens (tertiary/aromatic N) is 2. The van der Waals surface area contributed by atoms with E-state index in [2.05, 4.69) is 4.98 Å². The van der Waals surface area contributed by atoms with Crippen LogP contribution in [0.3, 0.4) is 0 Å². The molecule has 0 bridgehead atoms. The molecule has 0 radical (unpaired) electrons. The van der Waals surface area contributed by atoms with Crippen LogP contribution in [0.2, 0.25) is 0 Å². The Balaban J connectivity index is 2.38. The zero-order valence-corrected chi connectivity index (χ0v) is 9.88. The van der Waals surface area contributed by atoms with E-state index in [0.29, 0.717) is 12.5 Å². The molecule has 3 rings (SSSR count). The molecule has 4 heteroatoms. The zero-order chi connectivity index (χ0) is 12.5. The molecular formula is C14H14N4. The molecule has 90 valence electrons. The Hall–Kier alpha value is -2.33. The summed E-state index contributed by atoms with van der Waals surface area (Å²) in [5.41, 5.74) is 15.7. The van der Waals surface area contributed by atoms with Crippen LogP contribution in [-0.2, 0) is 6.54 Å². The molecule has 0 aliphatic carbocycles. The van der Waals surface area contributed by atoms with Gasteiger partial charge < -0.3 is 11.5 Å². The van der Waals surface area contributed by atoms with E-state index in [4.69, 9.17) is 11.5 Å². The topological polar surface area (TPSA) is 69.9 Å². The first-order valence-electron chi connectivity index (χ1n) is 5.82. The van der Waals surface area contributed by atoms with Crippen molar-refractivity contribution in [3.05, 3.63) is 54.1 Å². The van der Waals surface area contributed by atoms with Gasteiger partial charge in [-0.2, -0.15) is 0 Å². The van der Waals surface area contributed by atoms with Crippen molar-refractivity contribution in [1.82, 2.24) is 9.55 Å². The van der Waals surface area contributed by atoms with Gasteiger partial charge in [-0.05, 0) is 23.8 Å². The number of imidazole rings is 1. The summed E-state index contributed by atoms with van der Waals surface area (Å²) in [7, 11) is 0. The van der Waals surface area contributed by atoms with Crippen molar-refractivity contribution in [2.45, 2.75) is 6.54 Å². The van der Waals surface area contributed by atoms with E-state index in [9.17, 15) is 0 Å². The molecule has 18 heavy (non-hydrogen) atoms. The summed E-state index contributed by atoms with van der Waals surface area (Å²) in [4.78, 5) is 4.38. The molecule has 0 aliphatic rings. The number of hydrogen-bond acceptors (Lipinski definition) is 3. The number of rotatable bonds is 2. The second-order valence-corrected chi connectivity index (χ2v) is 4.13. The Bertz CT molecular complexity index is 686. The minimum Gasteiger partial charge on any atom is -0.369 e. The van der Waals surface area contributed by atoms with Gasteiger partial charge in [0.15, 0.2) is 0 Å². The number of nitrogen functional groups attached to an aromatic ring is 1. The standard InChI is InChI=1S/C14H14N4/c15-9-10-5-4-8-12-13(10)18(14(16)17-12)11-6-2-1-3-7-11/h1-8H,9,15H2,(H2,16,17). The van der Waals surface area contributed by atoms with Crippen LogP contribution in [-0.4, -0.2) is 9.55 Å². The molecule has 3 aromatic rings. The number of hydrogen-bond donors (Lipinski definition) is 2. The van der Waals surface area contributed by atoms with Crippen molar-refractivity contribution in [1.29, 1.82) is 0 Å². The van der Waals surface area contributed by atoms with Crippen LogP contribution in [0.5, 0.6) is 0 Å². The van der Waals surface area contributed by atoms with Gasteiger partial charge in [0.1, 0.15) is 0 Å². The fraction of sp³-hybridized carbons (Fsp3) is 0.0714. The Labute approximate surface area is 105 Å². The molecule has 0 saturated heterocycles. The lowest BCUT2D eigenvalue weighted by molar-refractivity contribution is 1.05. The highest BCUT2D eigenvalue weighted by Gasteiger charge is 2.12. The van der Waals surface area contributed by atoms with E-state index < -0.39 is 0 Å². The first kappa shape index (κ1) is 10.8. The van der Waals surface area contributed by atoms with E-state index in [-0.39, 0.29) is 0 Å². The van der Waals surface area contributed by atoms with Crippen molar-refractivity contribution in [2.24, 2.45) is 5.73 Å². The summed E-state index contributed by atoms with van der Waals surface area (Å²) >= 11 is 0. The van der Waals surface area contributed by atoms with Gasteiger partial charge in [-0.3, -0.25) is 4.57 Å². The summed E-state index contributed by atoms with van der Waals surface area (Å²) in [6.07, 6.45) is 0. The van der Waals surface area contributed by atoms with Crippen LogP contribution in [0.1, 0.15) is 5.56 Å². The number of para-hydroxylation sites is 2. The van der Waals surface area contributed by atoms with E-state index in [1.54, 1.807) is 0 Å². The van der Waals surface area contributed by atoms with E-state index in [1.807, 2.05) is 53.1 Å². The quantitative estimate of drug-likeness (QED) is 0.718. The monoisotopic (exact) mass is 238 g/mol. The van der Waals surface area contributed by atoms with Crippen molar-refractivity contribution in [3.8, 4) is 5.69 Å². The Morgan fingerprint density at radius 1 is 1.00 bits per heavy atom. The average Bonchev–Trinajstić information content (AvgIpc) is 2.75. The van der Waals surface area contributed by atoms with Crippen LogP contribution < -0.4 is 11.5 Å². The Morgan fingerprint density at radius 2 is 1.78 bits per heavy atom. The van der Waals surface area contributed by atoms with Crippen LogP contribution in [0, 0.1) is 0 Å². The van der Waals surface area contributed by atoms with Gasteiger partial charge in [0.05, 0.1) is 11.0 Å². The molecule has 0 saturated carbocycles. The van der Waals surface area contributed by atoms with Crippen LogP contribution >= 0.6 is 0 Å². The SMILES string of the molecule is NCc1cccc2nc(N)n(-c3ccccc3)c12. The van der Waals surface area contributed by atoms with Crippen molar-refractivity contribution in [2.75, 3.05) is 5.73 Å². The molecule has 4 nitrogen and oxygen atoms in total. The van der Waals surface area contributed by atoms with Gasteiger partial charge >= 0.3 is 0 Å². The minimum absolute atomic E-state index is 0.468. The largest absolute Gasteiger partial charge is 0.369 e.